The van der Waals surface area contributed by atoms with E-state index in [-0.39, 0.29) is 16.8 Å². The van der Waals surface area contributed by atoms with Gasteiger partial charge >= 0.3 is 0 Å². The van der Waals surface area contributed by atoms with Gasteiger partial charge in [0.05, 0.1) is 48.0 Å². The maximum Gasteiger partial charge on any atom is 0.285 e. The van der Waals surface area contributed by atoms with Gasteiger partial charge in [0.25, 0.3) is 11.5 Å². The van der Waals surface area contributed by atoms with E-state index in [1.165, 1.54) is 0 Å². The van der Waals surface area contributed by atoms with Crippen LogP contribution >= 0.6 is 0 Å². The fourth-order valence-electron chi connectivity index (χ4n) is 6.49. The highest BCUT2D eigenvalue weighted by Gasteiger charge is 2.45. The van der Waals surface area contributed by atoms with Crippen LogP contribution in [0, 0.1) is 19.8 Å². The predicted molar refractivity (Wildman–Crippen MR) is 175 cm³/mol. The van der Waals surface area contributed by atoms with Crippen LogP contribution in [0.3, 0.4) is 0 Å². The second-order valence-electron chi connectivity index (χ2n) is 12.5. The Morgan fingerprint density at radius 3 is 2.44 bits per heavy atom. The van der Waals surface area contributed by atoms with Crippen molar-refractivity contribution >= 4 is 44.4 Å². The molecule has 2 N–H and O–H groups in total. The summed E-state index contributed by atoms with van der Waals surface area (Å²) in [5, 5.41) is 10.4. The molecule has 3 aromatic rings. The molecule has 4 heterocycles. The van der Waals surface area contributed by atoms with Gasteiger partial charge in [0.2, 0.25) is 21.9 Å². The van der Waals surface area contributed by atoms with Crippen LogP contribution in [-0.4, -0.2) is 78.8 Å². The number of amides is 1. The average Bonchev–Trinajstić information content (AvgIpc) is 3.29. The van der Waals surface area contributed by atoms with Crippen LogP contribution in [0.4, 0.5) is 11.6 Å². The second kappa shape index (κ2) is 12.0. The number of rotatable bonds is 7. The minimum absolute atomic E-state index is 0.0405. The summed E-state index contributed by atoms with van der Waals surface area (Å²) in [6, 6.07) is 6.85. The fraction of sp³-hybridized carbons (Fsp3) is 0.516. The van der Waals surface area contributed by atoms with Crippen molar-refractivity contribution in [3.05, 3.63) is 57.1 Å². The largest absolute Gasteiger partial charge is 0.483 e. The number of aryl methyl sites for hydroxylation is 2. The summed E-state index contributed by atoms with van der Waals surface area (Å²) in [7, 11) is 1.63. The van der Waals surface area contributed by atoms with Crippen LogP contribution in [0.1, 0.15) is 66.5 Å². The highest BCUT2D eigenvalue weighted by atomic mass is 32.2. The number of ether oxygens (including phenoxy) is 1. The van der Waals surface area contributed by atoms with Crippen LogP contribution < -0.4 is 20.5 Å². The molecule has 0 saturated carbocycles. The lowest BCUT2D eigenvalue weighted by Crippen LogP contribution is -2.50. The molecule has 0 spiro atoms. The van der Waals surface area contributed by atoms with Gasteiger partial charge in [-0.05, 0) is 70.2 Å². The van der Waals surface area contributed by atoms with E-state index < -0.39 is 22.0 Å². The summed E-state index contributed by atoms with van der Waals surface area (Å²) in [4.78, 5) is 38.1. The van der Waals surface area contributed by atoms with Crippen molar-refractivity contribution < 1.29 is 17.9 Å². The number of carbonyl (C=O) groups is 1. The zero-order valence-corrected chi connectivity index (χ0v) is 27.9. The van der Waals surface area contributed by atoms with Crippen molar-refractivity contribution in [2.24, 2.45) is 18.1 Å². The maximum atomic E-state index is 13.7. The Balaban J connectivity index is 1.46. The minimum atomic E-state index is -3.79. The van der Waals surface area contributed by atoms with Crippen molar-refractivity contribution in [2.75, 3.05) is 43.7 Å². The molecule has 13 nitrogen and oxygen atoms in total. The number of nitrogens with zero attached hydrogens (tertiary/aromatic N) is 6. The lowest BCUT2D eigenvalue weighted by atomic mass is 9.77. The van der Waals surface area contributed by atoms with Crippen LogP contribution in [0.2, 0.25) is 0 Å². The molecule has 1 aromatic carbocycles. The summed E-state index contributed by atoms with van der Waals surface area (Å²) in [5.74, 6) is 0.918. The molecule has 0 bridgehead atoms. The first-order valence-corrected chi connectivity index (χ1v) is 16.9. The topological polar surface area (TPSA) is 151 Å². The van der Waals surface area contributed by atoms with E-state index >= 15 is 0 Å². The molecule has 2 aliphatic rings. The number of sulfonamides is 1. The number of pyridine rings is 1. The third kappa shape index (κ3) is 6.33. The summed E-state index contributed by atoms with van der Waals surface area (Å²) in [5.41, 5.74) is 2.85. The van der Waals surface area contributed by atoms with Crippen molar-refractivity contribution in [2.45, 2.75) is 58.5 Å². The van der Waals surface area contributed by atoms with Gasteiger partial charge in [-0.25, -0.2) is 23.1 Å². The van der Waals surface area contributed by atoms with E-state index in [1.54, 1.807) is 37.8 Å². The van der Waals surface area contributed by atoms with Crippen LogP contribution in [0.5, 0.6) is 0 Å². The third-order valence-electron chi connectivity index (χ3n) is 9.10. The summed E-state index contributed by atoms with van der Waals surface area (Å²) in [6.45, 7) is 9.27. The number of aromatic nitrogens is 3. The van der Waals surface area contributed by atoms with E-state index in [4.69, 9.17) is 9.72 Å². The van der Waals surface area contributed by atoms with Crippen molar-refractivity contribution in [3.8, 4) is 0 Å². The fourth-order valence-corrected chi connectivity index (χ4v) is 6.92. The monoisotopic (exact) mass is 638 g/mol. The number of hydrazone groups is 1. The molecule has 242 valence electrons. The molecule has 1 fully saturated rings. The zero-order chi connectivity index (χ0) is 32.8. The van der Waals surface area contributed by atoms with Crippen LogP contribution in [0.25, 0.3) is 10.9 Å². The zero-order valence-electron chi connectivity index (χ0n) is 27.1. The maximum absolute atomic E-state index is 13.7. The highest BCUT2D eigenvalue weighted by molar-refractivity contribution is 7.89. The molecule has 0 radical (unpaired) electrons. The molecule has 45 heavy (non-hydrogen) atoms. The molecule has 1 unspecified atom stereocenters. The number of carbonyl (C=O) groups excluding carboxylic acids is 1. The van der Waals surface area contributed by atoms with Gasteiger partial charge in [0, 0.05) is 38.4 Å². The second-order valence-corrected chi connectivity index (χ2v) is 14.2. The van der Waals surface area contributed by atoms with Gasteiger partial charge in [-0.15, -0.1) is 5.10 Å². The number of nitrogens with one attached hydrogen (secondary N) is 2. The minimum Gasteiger partial charge on any atom is -0.483 e. The van der Waals surface area contributed by atoms with Gasteiger partial charge in [-0.1, -0.05) is 6.07 Å². The lowest BCUT2D eigenvalue weighted by Gasteiger charge is -2.43. The van der Waals surface area contributed by atoms with Crippen LogP contribution in [0.15, 0.2) is 34.2 Å². The Bertz CT molecular complexity index is 1850. The first-order chi connectivity index (χ1) is 21.1. The van der Waals surface area contributed by atoms with Gasteiger partial charge < -0.3 is 15.0 Å². The lowest BCUT2D eigenvalue weighted by molar-refractivity contribution is 0.0824. The van der Waals surface area contributed by atoms with Crippen molar-refractivity contribution in [1.29, 1.82) is 0 Å². The van der Waals surface area contributed by atoms with Crippen LogP contribution in [-0.2, 0) is 21.8 Å². The molecule has 0 aliphatic carbocycles. The number of anilines is 2. The first kappa shape index (κ1) is 32.2. The van der Waals surface area contributed by atoms with Gasteiger partial charge in [-0.3, -0.25) is 19.2 Å². The molecule has 1 amide bonds. The number of hydrogen-bond acceptors (Lipinski definition) is 11. The molecule has 2 atom stereocenters. The van der Waals surface area contributed by atoms with E-state index in [9.17, 15) is 18.0 Å². The SMILES string of the molecule is COC1=NN(C)C(C)(C2CCN(c3nc4c([C@@H](C)Nc5ccc(C)nc5C(=O)NS(C)(=O)=O)cc(C)cc4c(=O)n3C)CC2)C1. The standard InChI is InChI=1S/C31H42N8O5S/c1-18-15-22(20(3)33-24-10-9-19(2)32-27(24)28(40)36-45(8,42)43)26-23(16-18)29(41)37(5)30(34-26)39-13-11-21(12-14-39)31(4)17-25(44-7)35-38(31)6/h9-10,15-16,20-21,33H,11-14,17H2,1-8H3,(H,36,40)/t20-,31?/m1/s1. The molecule has 2 aliphatic heterocycles. The Kier molecular flexibility index (Phi) is 8.55. The summed E-state index contributed by atoms with van der Waals surface area (Å²) >= 11 is 0. The van der Waals surface area contributed by atoms with E-state index in [0.29, 0.717) is 34.2 Å². The molecule has 1 saturated heterocycles. The Morgan fingerprint density at radius 2 is 1.82 bits per heavy atom. The number of benzene rings is 1. The number of hydrogen-bond donors (Lipinski definition) is 2. The highest BCUT2D eigenvalue weighted by Crippen LogP contribution is 2.39. The van der Waals surface area contributed by atoms with E-state index in [2.05, 4.69) is 27.2 Å². The third-order valence-corrected chi connectivity index (χ3v) is 9.66. The average molecular weight is 639 g/mol. The van der Waals surface area contributed by atoms with Crippen molar-refractivity contribution in [1.82, 2.24) is 24.3 Å². The van der Waals surface area contributed by atoms with E-state index in [1.807, 2.05) is 42.8 Å². The van der Waals surface area contributed by atoms with Gasteiger partial charge in [0.1, 0.15) is 0 Å². The molecular formula is C31H42N8O5S. The molecule has 2 aromatic heterocycles. The molecular weight excluding hydrogens is 596 g/mol. The number of piperidine rings is 1. The van der Waals surface area contributed by atoms with Gasteiger partial charge in [0.15, 0.2) is 5.69 Å². The Morgan fingerprint density at radius 1 is 1.13 bits per heavy atom. The van der Waals surface area contributed by atoms with Gasteiger partial charge in [-0.2, -0.15) is 0 Å². The smallest absolute Gasteiger partial charge is 0.285 e. The van der Waals surface area contributed by atoms with E-state index in [0.717, 1.165) is 55.6 Å². The Labute approximate surface area is 263 Å². The molecule has 5 rings (SSSR count). The quantitative estimate of drug-likeness (QED) is 0.395. The number of fused-ring (bicyclic) bond motifs is 1. The number of methoxy groups -OCH3 is 1. The Hall–Kier alpha value is -4.20. The predicted octanol–water partition coefficient (Wildman–Crippen LogP) is 3.08. The normalized spacial score (nSPS) is 19.9. The summed E-state index contributed by atoms with van der Waals surface area (Å²) in [6.07, 6.45) is 3.51. The summed E-state index contributed by atoms with van der Waals surface area (Å²) < 4.78 is 32.6. The van der Waals surface area contributed by atoms with Crippen molar-refractivity contribution in [3.63, 3.8) is 0 Å². The molecule has 14 heteroatoms. The first-order valence-electron chi connectivity index (χ1n) is 15.0.